The molecule has 0 radical (unpaired) electrons. The first-order valence-electron chi connectivity index (χ1n) is 7.63. The van der Waals surface area contributed by atoms with Gasteiger partial charge >= 0.3 is 6.09 Å². The van der Waals surface area contributed by atoms with Crippen molar-refractivity contribution in [1.82, 2.24) is 10.2 Å². The largest absolute Gasteiger partial charge is 0.444 e. The van der Waals surface area contributed by atoms with Gasteiger partial charge in [-0.1, -0.05) is 30.3 Å². The molecule has 1 N–H and O–H groups in total. The molecule has 0 saturated carbocycles. The van der Waals surface area contributed by atoms with Crippen LogP contribution < -0.4 is 5.32 Å². The Bertz CT molecular complexity index is 586. The molecule has 2 aliphatic rings. The van der Waals surface area contributed by atoms with E-state index in [0.717, 1.165) is 5.56 Å². The maximum Gasteiger partial charge on any atom is 0.410 e. The molecule has 1 aromatic rings. The Labute approximate surface area is 130 Å². The van der Waals surface area contributed by atoms with Gasteiger partial charge < -0.3 is 15.0 Å². The van der Waals surface area contributed by atoms with E-state index in [0.29, 0.717) is 19.6 Å². The fourth-order valence-electron chi connectivity index (χ4n) is 3.30. The van der Waals surface area contributed by atoms with Gasteiger partial charge in [0.05, 0.1) is 5.41 Å². The second-order valence-corrected chi connectivity index (χ2v) is 7.17. The summed E-state index contributed by atoms with van der Waals surface area (Å²) in [7, 11) is 0. The average Bonchev–Trinajstić information content (AvgIpc) is 2.73. The molecule has 22 heavy (non-hydrogen) atoms. The maximum absolute atomic E-state index is 12.3. The Hall–Kier alpha value is -2.04. The van der Waals surface area contributed by atoms with Crippen LogP contribution in [0.15, 0.2) is 30.3 Å². The van der Waals surface area contributed by atoms with Gasteiger partial charge in [-0.2, -0.15) is 0 Å². The summed E-state index contributed by atoms with van der Waals surface area (Å²) in [6.45, 7) is 7.01. The number of benzene rings is 1. The van der Waals surface area contributed by atoms with E-state index in [1.807, 2.05) is 51.1 Å². The van der Waals surface area contributed by atoms with E-state index in [4.69, 9.17) is 4.74 Å². The van der Waals surface area contributed by atoms with E-state index in [-0.39, 0.29) is 17.9 Å². The molecule has 0 bridgehead atoms. The number of carbonyl (C=O) groups excluding carboxylic acids is 2. The molecule has 0 aromatic heterocycles. The SMILES string of the molecule is CC(C)(C)OC(=O)N1CC2(C1)C(=O)NC[C@@H]2c1ccccc1. The Morgan fingerprint density at radius 2 is 1.91 bits per heavy atom. The molecular weight excluding hydrogens is 280 g/mol. The summed E-state index contributed by atoms with van der Waals surface area (Å²) in [5, 5.41) is 2.95. The normalized spacial score (nSPS) is 23.1. The van der Waals surface area contributed by atoms with Gasteiger partial charge in [0.2, 0.25) is 5.91 Å². The van der Waals surface area contributed by atoms with Crippen molar-refractivity contribution in [2.45, 2.75) is 32.3 Å². The quantitative estimate of drug-likeness (QED) is 0.864. The Morgan fingerprint density at radius 1 is 1.27 bits per heavy atom. The standard InChI is InChI=1S/C17H22N2O3/c1-16(2,3)22-15(21)19-10-17(11-19)13(9-18-14(17)20)12-7-5-4-6-8-12/h4-8,13H,9-11H2,1-3H3,(H,18,20)/t13-/m1/s1. The number of rotatable bonds is 1. The molecule has 5 heteroatoms. The number of carbonyl (C=O) groups is 2. The molecule has 1 aromatic carbocycles. The van der Waals surface area contributed by atoms with Gasteiger partial charge in [-0.25, -0.2) is 4.79 Å². The lowest BCUT2D eigenvalue weighted by atomic mass is 9.68. The minimum atomic E-state index is -0.517. The fourth-order valence-corrected chi connectivity index (χ4v) is 3.30. The maximum atomic E-state index is 12.3. The van der Waals surface area contributed by atoms with Gasteiger partial charge in [0.25, 0.3) is 0 Å². The third-order valence-electron chi connectivity index (χ3n) is 4.39. The molecule has 2 amide bonds. The van der Waals surface area contributed by atoms with Crippen LogP contribution in [-0.4, -0.2) is 42.1 Å². The molecule has 1 spiro atoms. The minimum absolute atomic E-state index is 0.0427. The van der Waals surface area contributed by atoms with Gasteiger partial charge in [0, 0.05) is 25.6 Å². The summed E-state index contributed by atoms with van der Waals surface area (Å²) in [6.07, 6.45) is -0.343. The van der Waals surface area contributed by atoms with E-state index in [2.05, 4.69) is 5.32 Å². The fraction of sp³-hybridized carbons (Fsp3) is 0.529. The highest BCUT2D eigenvalue weighted by molar-refractivity contribution is 5.90. The summed E-state index contributed by atoms with van der Waals surface area (Å²) in [6, 6.07) is 10.0. The van der Waals surface area contributed by atoms with Crippen LogP contribution in [0.3, 0.4) is 0 Å². The molecule has 1 atom stereocenters. The summed E-state index contributed by atoms with van der Waals surface area (Å²) < 4.78 is 5.38. The van der Waals surface area contributed by atoms with Crippen LogP contribution in [0.1, 0.15) is 32.3 Å². The zero-order chi connectivity index (χ0) is 16.0. The number of amides is 2. The van der Waals surface area contributed by atoms with E-state index >= 15 is 0 Å². The van der Waals surface area contributed by atoms with Crippen molar-refractivity contribution in [3.8, 4) is 0 Å². The lowest BCUT2D eigenvalue weighted by molar-refractivity contribution is -0.137. The topological polar surface area (TPSA) is 58.6 Å². The molecule has 0 aliphatic carbocycles. The Kier molecular flexibility index (Phi) is 3.38. The smallest absolute Gasteiger partial charge is 0.410 e. The van der Waals surface area contributed by atoms with Crippen molar-refractivity contribution in [3.63, 3.8) is 0 Å². The first-order chi connectivity index (χ1) is 10.3. The molecule has 3 rings (SSSR count). The van der Waals surface area contributed by atoms with Crippen LogP contribution in [0.4, 0.5) is 4.79 Å². The van der Waals surface area contributed by atoms with Gasteiger partial charge in [-0.05, 0) is 26.3 Å². The van der Waals surface area contributed by atoms with Crippen LogP contribution in [0.5, 0.6) is 0 Å². The van der Waals surface area contributed by atoms with Crippen molar-refractivity contribution in [2.24, 2.45) is 5.41 Å². The second-order valence-electron chi connectivity index (χ2n) is 7.17. The van der Waals surface area contributed by atoms with E-state index in [9.17, 15) is 9.59 Å². The number of likely N-dealkylation sites (tertiary alicyclic amines) is 1. The summed E-state index contributed by atoms with van der Waals surface area (Å²) in [5.41, 5.74) is 0.124. The minimum Gasteiger partial charge on any atom is -0.444 e. The molecule has 5 nitrogen and oxygen atoms in total. The Morgan fingerprint density at radius 3 is 2.50 bits per heavy atom. The Balaban J connectivity index is 1.74. The zero-order valence-electron chi connectivity index (χ0n) is 13.3. The molecule has 118 valence electrons. The van der Waals surface area contributed by atoms with E-state index in [1.165, 1.54) is 0 Å². The van der Waals surface area contributed by atoms with Crippen molar-refractivity contribution in [1.29, 1.82) is 0 Å². The zero-order valence-corrected chi connectivity index (χ0v) is 13.3. The van der Waals surface area contributed by atoms with E-state index in [1.54, 1.807) is 4.90 Å². The number of hydrogen-bond donors (Lipinski definition) is 1. The summed E-state index contributed by atoms with van der Waals surface area (Å²) in [5.74, 6) is 0.154. The number of ether oxygens (including phenoxy) is 1. The van der Waals surface area contributed by atoms with Crippen LogP contribution >= 0.6 is 0 Å². The number of nitrogens with zero attached hydrogens (tertiary/aromatic N) is 1. The van der Waals surface area contributed by atoms with Gasteiger partial charge in [-0.3, -0.25) is 4.79 Å². The third kappa shape index (κ3) is 2.45. The lowest BCUT2D eigenvalue weighted by Crippen LogP contribution is -2.63. The van der Waals surface area contributed by atoms with Crippen LogP contribution in [-0.2, 0) is 9.53 Å². The van der Waals surface area contributed by atoms with Gasteiger partial charge in [0.1, 0.15) is 5.60 Å². The molecule has 2 aliphatic heterocycles. The number of hydrogen-bond acceptors (Lipinski definition) is 3. The first kappa shape index (κ1) is 14.9. The summed E-state index contributed by atoms with van der Waals surface area (Å²) in [4.78, 5) is 26.0. The average molecular weight is 302 g/mol. The molecule has 0 unspecified atom stereocenters. The van der Waals surface area contributed by atoms with Crippen LogP contribution in [0.25, 0.3) is 0 Å². The van der Waals surface area contributed by atoms with Crippen molar-refractivity contribution in [2.75, 3.05) is 19.6 Å². The summed E-state index contributed by atoms with van der Waals surface area (Å²) >= 11 is 0. The van der Waals surface area contributed by atoms with Crippen LogP contribution in [0, 0.1) is 5.41 Å². The third-order valence-corrected chi connectivity index (χ3v) is 4.39. The van der Waals surface area contributed by atoms with Crippen molar-refractivity contribution in [3.05, 3.63) is 35.9 Å². The van der Waals surface area contributed by atoms with Gasteiger partial charge in [-0.15, -0.1) is 0 Å². The molecular formula is C17H22N2O3. The second kappa shape index (κ2) is 5.00. The lowest BCUT2D eigenvalue weighted by Gasteiger charge is -2.48. The predicted molar refractivity (Wildman–Crippen MR) is 82.4 cm³/mol. The monoisotopic (exact) mass is 302 g/mol. The molecule has 2 heterocycles. The van der Waals surface area contributed by atoms with Crippen molar-refractivity contribution >= 4 is 12.0 Å². The first-order valence-corrected chi connectivity index (χ1v) is 7.63. The van der Waals surface area contributed by atoms with Gasteiger partial charge in [0.15, 0.2) is 0 Å². The molecule has 2 fully saturated rings. The van der Waals surface area contributed by atoms with Crippen LogP contribution in [0.2, 0.25) is 0 Å². The van der Waals surface area contributed by atoms with E-state index < -0.39 is 11.0 Å². The predicted octanol–water partition coefficient (Wildman–Crippen LogP) is 2.14. The van der Waals surface area contributed by atoms with Crippen molar-refractivity contribution < 1.29 is 14.3 Å². The number of nitrogens with one attached hydrogen (secondary N) is 1. The molecule has 2 saturated heterocycles. The highest BCUT2D eigenvalue weighted by Gasteiger charge is 2.60. The highest BCUT2D eigenvalue weighted by atomic mass is 16.6. The highest BCUT2D eigenvalue weighted by Crippen LogP contribution is 2.47.